The number of halogens is 1. The smallest absolute Gasteiger partial charge is 0.220 e. The van der Waals surface area contributed by atoms with Crippen molar-refractivity contribution < 1.29 is 13.7 Å². The summed E-state index contributed by atoms with van der Waals surface area (Å²) < 4.78 is 18.0. The molecule has 1 heterocycles. The fourth-order valence-corrected chi connectivity index (χ4v) is 2.63. The summed E-state index contributed by atoms with van der Waals surface area (Å²) in [6.45, 7) is 4.46. The summed E-state index contributed by atoms with van der Waals surface area (Å²) in [7, 11) is 0. The Morgan fingerprint density at radius 1 is 1.35 bits per heavy atom. The summed E-state index contributed by atoms with van der Waals surface area (Å²) in [5.74, 6) is 0.643. The molecule has 0 radical (unpaired) electrons. The molecule has 1 aromatic heterocycles. The van der Waals surface area contributed by atoms with Crippen molar-refractivity contribution >= 4 is 5.91 Å². The number of nitrogens with zero attached hydrogens (tertiary/aromatic N) is 1. The van der Waals surface area contributed by atoms with Crippen LogP contribution in [-0.4, -0.2) is 17.6 Å². The van der Waals surface area contributed by atoms with Gasteiger partial charge in [-0.2, -0.15) is 0 Å². The number of aromatic nitrogens is 1. The Balaban J connectivity index is 1.84. The molecule has 2 aromatic rings. The third kappa shape index (κ3) is 5.51. The van der Waals surface area contributed by atoms with Crippen molar-refractivity contribution in [2.75, 3.05) is 6.54 Å². The minimum absolute atomic E-state index is 0.00740. The van der Waals surface area contributed by atoms with Gasteiger partial charge in [-0.15, -0.1) is 0 Å². The topological polar surface area (TPSA) is 55.1 Å². The summed E-state index contributed by atoms with van der Waals surface area (Å²) >= 11 is 0. The minimum atomic E-state index is -0.253. The fourth-order valence-electron chi connectivity index (χ4n) is 2.63. The molecule has 0 aliphatic heterocycles. The van der Waals surface area contributed by atoms with E-state index in [0.717, 1.165) is 29.9 Å². The van der Waals surface area contributed by atoms with E-state index in [1.807, 2.05) is 13.0 Å². The summed E-state index contributed by atoms with van der Waals surface area (Å²) in [6, 6.07) is 8.29. The summed E-state index contributed by atoms with van der Waals surface area (Å²) in [4.78, 5) is 12.1. The van der Waals surface area contributed by atoms with E-state index in [1.54, 1.807) is 12.1 Å². The molecule has 0 spiro atoms. The average Bonchev–Trinajstić information content (AvgIpc) is 2.93. The minimum Gasteiger partial charge on any atom is -0.361 e. The predicted octanol–water partition coefficient (Wildman–Crippen LogP) is 3.75. The molecule has 2 rings (SSSR count). The molecule has 0 saturated carbocycles. The Morgan fingerprint density at radius 2 is 2.09 bits per heavy atom. The molecule has 124 valence electrons. The van der Waals surface area contributed by atoms with Gasteiger partial charge in [-0.05, 0) is 37.0 Å². The van der Waals surface area contributed by atoms with Crippen LogP contribution in [0, 0.1) is 12.7 Å². The molecule has 1 aromatic carbocycles. The summed E-state index contributed by atoms with van der Waals surface area (Å²) in [5.41, 5.74) is 1.85. The number of hydrogen-bond donors (Lipinski definition) is 1. The maximum atomic E-state index is 13.0. The van der Waals surface area contributed by atoms with E-state index in [9.17, 15) is 9.18 Å². The van der Waals surface area contributed by atoms with Gasteiger partial charge in [-0.3, -0.25) is 4.79 Å². The second-order valence-electron chi connectivity index (χ2n) is 5.77. The number of hydrogen-bond acceptors (Lipinski definition) is 3. The van der Waals surface area contributed by atoms with E-state index in [1.165, 1.54) is 12.1 Å². The zero-order chi connectivity index (χ0) is 16.7. The van der Waals surface area contributed by atoms with E-state index in [-0.39, 0.29) is 17.6 Å². The average molecular weight is 318 g/mol. The Bertz CT molecular complexity index is 622. The van der Waals surface area contributed by atoms with E-state index < -0.39 is 0 Å². The Hall–Kier alpha value is -2.17. The van der Waals surface area contributed by atoms with Crippen LogP contribution in [0.2, 0.25) is 0 Å². The number of nitrogens with one attached hydrogen (secondary N) is 1. The quantitative estimate of drug-likeness (QED) is 0.806. The van der Waals surface area contributed by atoms with Gasteiger partial charge in [0.25, 0.3) is 0 Å². The van der Waals surface area contributed by atoms with E-state index in [2.05, 4.69) is 17.4 Å². The van der Waals surface area contributed by atoms with E-state index >= 15 is 0 Å². The number of benzene rings is 1. The van der Waals surface area contributed by atoms with Crippen LogP contribution in [0.1, 0.15) is 49.1 Å². The molecule has 0 fully saturated rings. The molecular formula is C18H23FN2O2. The second-order valence-corrected chi connectivity index (χ2v) is 5.77. The van der Waals surface area contributed by atoms with Gasteiger partial charge in [0.2, 0.25) is 5.91 Å². The molecule has 5 heteroatoms. The van der Waals surface area contributed by atoms with Gasteiger partial charge in [0.1, 0.15) is 11.6 Å². The second kappa shape index (κ2) is 8.46. The molecule has 1 amide bonds. The van der Waals surface area contributed by atoms with Crippen molar-refractivity contribution in [3.05, 3.63) is 53.2 Å². The Morgan fingerprint density at radius 3 is 2.70 bits per heavy atom. The number of rotatable bonds is 8. The first kappa shape index (κ1) is 17.2. The summed E-state index contributed by atoms with van der Waals surface area (Å²) in [6.07, 6.45) is 2.95. The van der Waals surface area contributed by atoms with Crippen LogP contribution in [0.5, 0.6) is 0 Å². The van der Waals surface area contributed by atoms with Gasteiger partial charge in [-0.1, -0.05) is 30.6 Å². The highest BCUT2D eigenvalue weighted by Crippen LogP contribution is 2.25. The molecule has 0 bridgehead atoms. The number of aryl methyl sites for hydroxylation is 1. The van der Waals surface area contributed by atoms with Crippen molar-refractivity contribution in [1.29, 1.82) is 0 Å². The van der Waals surface area contributed by atoms with Crippen LogP contribution < -0.4 is 5.32 Å². The lowest BCUT2D eigenvalue weighted by Gasteiger charge is -2.16. The molecule has 23 heavy (non-hydrogen) atoms. The highest BCUT2D eigenvalue weighted by atomic mass is 19.1. The van der Waals surface area contributed by atoms with Crippen molar-refractivity contribution in [2.45, 2.75) is 45.4 Å². The molecule has 0 aliphatic carbocycles. The molecule has 0 aliphatic rings. The fraction of sp³-hybridized carbons (Fsp3) is 0.444. The van der Waals surface area contributed by atoms with Gasteiger partial charge < -0.3 is 9.84 Å². The van der Waals surface area contributed by atoms with Crippen LogP contribution in [0.25, 0.3) is 0 Å². The maximum absolute atomic E-state index is 13.0. The highest BCUT2D eigenvalue weighted by molar-refractivity contribution is 5.76. The van der Waals surface area contributed by atoms with Crippen LogP contribution in [0.15, 0.2) is 34.9 Å². The molecule has 1 atom stereocenters. The van der Waals surface area contributed by atoms with Gasteiger partial charge in [0, 0.05) is 25.5 Å². The standard InChI is InChI=1S/C18H23FN2O2/c1-3-4-15(14-5-7-16(19)8-6-14)12-18(22)20-10-9-17-11-13(2)23-21-17/h5-8,11,15H,3-4,9-10,12H2,1-2H3,(H,20,22). The number of amides is 1. The van der Waals surface area contributed by atoms with E-state index in [4.69, 9.17) is 4.52 Å². The molecular weight excluding hydrogens is 295 g/mol. The first-order chi connectivity index (χ1) is 11.1. The summed E-state index contributed by atoms with van der Waals surface area (Å²) in [5, 5.41) is 6.81. The van der Waals surface area contributed by atoms with Crippen LogP contribution >= 0.6 is 0 Å². The molecule has 4 nitrogen and oxygen atoms in total. The third-order valence-electron chi connectivity index (χ3n) is 3.79. The van der Waals surface area contributed by atoms with Gasteiger partial charge in [0.15, 0.2) is 0 Å². The Kier molecular flexibility index (Phi) is 6.32. The van der Waals surface area contributed by atoms with Gasteiger partial charge in [0.05, 0.1) is 5.69 Å². The van der Waals surface area contributed by atoms with Gasteiger partial charge >= 0.3 is 0 Å². The lowest BCUT2D eigenvalue weighted by Crippen LogP contribution is -2.27. The first-order valence-corrected chi connectivity index (χ1v) is 8.03. The maximum Gasteiger partial charge on any atom is 0.220 e. The Labute approximate surface area is 136 Å². The monoisotopic (exact) mass is 318 g/mol. The number of carbonyl (C=O) groups is 1. The highest BCUT2D eigenvalue weighted by Gasteiger charge is 2.15. The molecule has 0 saturated heterocycles. The third-order valence-corrected chi connectivity index (χ3v) is 3.79. The largest absolute Gasteiger partial charge is 0.361 e. The van der Waals surface area contributed by atoms with Crippen LogP contribution in [-0.2, 0) is 11.2 Å². The van der Waals surface area contributed by atoms with Crippen molar-refractivity contribution in [3.63, 3.8) is 0 Å². The van der Waals surface area contributed by atoms with E-state index in [0.29, 0.717) is 19.4 Å². The number of carbonyl (C=O) groups excluding carboxylic acids is 1. The lowest BCUT2D eigenvalue weighted by molar-refractivity contribution is -0.121. The first-order valence-electron chi connectivity index (χ1n) is 8.03. The van der Waals surface area contributed by atoms with Crippen molar-refractivity contribution in [1.82, 2.24) is 10.5 Å². The normalized spacial score (nSPS) is 12.1. The zero-order valence-corrected chi connectivity index (χ0v) is 13.6. The van der Waals surface area contributed by atoms with Crippen LogP contribution in [0.3, 0.4) is 0 Å². The lowest BCUT2D eigenvalue weighted by atomic mass is 9.91. The van der Waals surface area contributed by atoms with Crippen molar-refractivity contribution in [3.8, 4) is 0 Å². The molecule has 1 N–H and O–H groups in total. The predicted molar refractivity (Wildman–Crippen MR) is 86.6 cm³/mol. The SMILES string of the molecule is CCCC(CC(=O)NCCc1cc(C)on1)c1ccc(F)cc1. The molecule has 1 unspecified atom stereocenters. The van der Waals surface area contributed by atoms with Gasteiger partial charge in [-0.25, -0.2) is 4.39 Å². The zero-order valence-electron chi connectivity index (χ0n) is 13.6. The van der Waals surface area contributed by atoms with Crippen LogP contribution in [0.4, 0.5) is 4.39 Å². The van der Waals surface area contributed by atoms with Crippen molar-refractivity contribution in [2.24, 2.45) is 0 Å².